The van der Waals surface area contributed by atoms with Crippen LogP contribution in [0.5, 0.6) is 11.5 Å². The van der Waals surface area contributed by atoms with Crippen molar-refractivity contribution in [2.45, 2.75) is 13.3 Å². The number of rotatable bonds is 6. The van der Waals surface area contributed by atoms with Gasteiger partial charge in [0.1, 0.15) is 17.9 Å². The minimum absolute atomic E-state index is 0.0124. The lowest BCUT2D eigenvalue weighted by molar-refractivity contribution is -0.145. The average Bonchev–Trinajstić information content (AvgIpc) is 2.98. The van der Waals surface area contributed by atoms with Crippen molar-refractivity contribution in [2.75, 3.05) is 7.11 Å². The lowest BCUT2D eigenvalue weighted by Crippen LogP contribution is -2.15. The number of fused-ring (bicyclic) bond motifs is 1. The molecule has 3 aromatic rings. The zero-order valence-electron chi connectivity index (χ0n) is 14.7. The number of ether oxygens (including phenoxy) is 2. The number of carbonyl (C=O) groups excluding carboxylic acids is 2. The number of hydrogen-bond donors (Lipinski definition) is 2. The molecule has 0 aliphatic rings. The number of hydrogen-bond acceptors (Lipinski definition) is 5. The second-order valence-corrected chi connectivity index (χ2v) is 5.98. The average molecular weight is 367 g/mol. The number of aliphatic carboxylic acids is 1. The van der Waals surface area contributed by atoms with E-state index in [1.807, 2.05) is 13.0 Å². The lowest BCUT2D eigenvalue weighted by atomic mass is 10.1. The van der Waals surface area contributed by atoms with Gasteiger partial charge in [-0.1, -0.05) is 23.8 Å². The van der Waals surface area contributed by atoms with Gasteiger partial charge in [-0.2, -0.15) is 0 Å². The predicted octanol–water partition coefficient (Wildman–Crippen LogP) is 3.10. The highest BCUT2D eigenvalue weighted by Crippen LogP contribution is 2.34. The van der Waals surface area contributed by atoms with Crippen LogP contribution in [0, 0.1) is 6.92 Å². The van der Waals surface area contributed by atoms with Crippen LogP contribution in [0.15, 0.2) is 42.5 Å². The van der Waals surface area contributed by atoms with Gasteiger partial charge in [-0.25, -0.2) is 0 Å². The number of H-pyrrole nitrogens is 1. The van der Waals surface area contributed by atoms with Crippen molar-refractivity contribution in [1.29, 1.82) is 0 Å². The van der Waals surface area contributed by atoms with Gasteiger partial charge in [0.2, 0.25) is 5.78 Å². The number of nitrogens with one attached hydrogen (secondary N) is 1. The molecule has 0 atom stereocenters. The molecular weight excluding hydrogens is 350 g/mol. The topological polar surface area (TPSA) is 106 Å². The van der Waals surface area contributed by atoms with E-state index in [0.717, 1.165) is 5.56 Å². The molecule has 0 amide bonds. The van der Waals surface area contributed by atoms with Crippen LogP contribution in [-0.2, 0) is 9.59 Å². The molecule has 0 saturated heterocycles. The van der Waals surface area contributed by atoms with Crippen LogP contribution in [0.3, 0.4) is 0 Å². The van der Waals surface area contributed by atoms with E-state index in [-0.39, 0.29) is 17.2 Å². The lowest BCUT2D eigenvalue weighted by Gasteiger charge is -2.06. The molecule has 0 radical (unpaired) electrons. The van der Waals surface area contributed by atoms with Crippen molar-refractivity contribution >= 4 is 28.6 Å². The summed E-state index contributed by atoms with van der Waals surface area (Å²) in [4.78, 5) is 38.6. The van der Waals surface area contributed by atoms with Crippen LogP contribution in [0.1, 0.15) is 28.0 Å². The summed E-state index contributed by atoms with van der Waals surface area (Å²) in [5.74, 6) is -2.16. The smallest absolute Gasteiger partial charge is 0.322 e. The minimum Gasteiger partial charge on any atom is -0.497 e. The number of aromatic amines is 1. The first kappa shape index (κ1) is 18.2. The Bertz CT molecular complexity index is 1050. The highest BCUT2D eigenvalue weighted by molar-refractivity contribution is 6.14. The standard InChI is InChI=1S/C20H17NO6/c1-11-4-3-5-12(8-11)19(25)18-20(27-17(24)10-16(22)23)14-9-13(26-2)6-7-15(14)21-18/h3-9,21H,10H2,1-2H3,(H,22,23). The molecule has 0 fully saturated rings. The summed E-state index contributed by atoms with van der Waals surface area (Å²) in [6.45, 7) is 1.86. The summed E-state index contributed by atoms with van der Waals surface area (Å²) in [7, 11) is 1.49. The molecule has 0 aliphatic carbocycles. The van der Waals surface area contributed by atoms with Gasteiger partial charge in [0.05, 0.1) is 12.6 Å². The SMILES string of the molecule is COc1ccc2[nH]c(C(=O)c3cccc(C)c3)c(OC(=O)CC(=O)O)c2c1. The van der Waals surface area contributed by atoms with Crippen molar-refractivity contribution in [3.8, 4) is 11.5 Å². The summed E-state index contributed by atoms with van der Waals surface area (Å²) in [6.07, 6.45) is -0.811. The third kappa shape index (κ3) is 3.82. The first-order valence-corrected chi connectivity index (χ1v) is 8.12. The second kappa shape index (κ2) is 7.33. The van der Waals surface area contributed by atoms with Gasteiger partial charge in [0.25, 0.3) is 0 Å². The molecule has 7 heteroatoms. The Hall–Kier alpha value is -3.61. The van der Waals surface area contributed by atoms with Crippen molar-refractivity contribution in [3.63, 3.8) is 0 Å². The zero-order valence-corrected chi connectivity index (χ0v) is 14.7. The molecule has 0 bridgehead atoms. The molecule has 0 aliphatic heterocycles. The Morgan fingerprint density at radius 3 is 2.56 bits per heavy atom. The van der Waals surface area contributed by atoms with Crippen LogP contribution < -0.4 is 9.47 Å². The maximum absolute atomic E-state index is 13.0. The minimum atomic E-state index is -1.32. The quantitative estimate of drug-likeness (QED) is 0.394. The van der Waals surface area contributed by atoms with E-state index in [4.69, 9.17) is 14.6 Å². The molecule has 1 aromatic heterocycles. The van der Waals surface area contributed by atoms with Crippen LogP contribution in [-0.4, -0.2) is 34.9 Å². The van der Waals surface area contributed by atoms with Crippen molar-refractivity contribution < 1.29 is 29.0 Å². The molecule has 1 heterocycles. The molecule has 2 N–H and O–H groups in total. The fraction of sp³-hybridized carbons (Fsp3) is 0.150. The number of aryl methyl sites for hydroxylation is 1. The van der Waals surface area contributed by atoms with Gasteiger partial charge in [0, 0.05) is 10.9 Å². The molecule has 0 unspecified atom stereocenters. The third-order valence-corrected chi connectivity index (χ3v) is 3.98. The number of esters is 1. The van der Waals surface area contributed by atoms with E-state index in [0.29, 0.717) is 22.2 Å². The van der Waals surface area contributed by atoms with Gasteiger partial charge < -0.3 is 19.6 Å². The molecule has 27 heavy (non-hydrogen) atoms. The fourth-order valence-electron chi connectivity index (χ4n) is 2.74. The maximum atomic E-state index is 13.0. The second-order valence-electron chi connectivity index (χ2n) is 5.98. The van der Waals surface area contributed by atoms with Gasteiger partial charge in [-0.15, -0.1) is 0 Å². The van der Waals surface area contributed by atoms with Gasteiger partial charge in [0.15, 0.2) is 5.75 Å². The predicted molar refractivity (Wildman–Crippen MR) is 97.4 cm³/mol. The third-order valence-electron chi connectivity index (χ3n) is 3.98. The molecule has 0 spiro atoms. The Balaban J connectivity index is 2.12. The zero-order chi connectivity index (χ0) is 19.6. The number of aromatic nitrogens is 1. The first-order valence-electron chi connectivity index (χ1n) is 8.12. The monoisotopic (exact) mass is 367 g/mol. The molecule has 2 aromatic carbocycles. The normalized spacial score (nSPS) is 10.6. The van der Waals surface area contributed by atoms with Gasteiger partial charge >= 0.3 is 11.9 Å². The number of methoxy groups -OCH3 is 1. The molecule has 0 saturated carbocycles. The van der Waals surface area contributed by atoms with Crippen molar-refractivity contribution in [2.24, 2.45) is 0 Å². The highest BCUT2D eigenvalue weighted by atomic mass is 16.5. The molecule has 3 rings (SSSR count). The van der Waals surface area contributed by atoms with Crippen LogP contribution in [0.4, 0.5) is 0 Å². The van der Waals surface area contributed by atoms with Gasteiger partial charge in [-0.05, 0) is 31.2 Å². The largest absolute Gasteiger partial charge is 0.497 e. The molecular formula is C20H17NO6. The van der Waals surface area contributed by atoms with E-state index in [1.54, 1.807) is 36.4 Å². The number of benzene rings is 2. The Morgan fingerprint density at radius 2 is 1.89 bits per heavy atom. The van der Waals surface area contributed by atoms with Crippen LogP contribution in [0.2, 0.25) is 0 Å². The number of carboxylic acids is 1. The van der Waals surface area contributed by atoms with Gasteiger partial charge in [-0.3, -0.25) is 14.4 Å². The fourth-order valence-corrected chi connectivity index (χ4v) is 2.74. The van der Waals surface area contributed by atoms with E-state index < -0.39 is 18.4 Å². The molecule has 138 valence electrons. The first-order chi connectivity index (χ1) is 12.9. The Morgan fingerprint density at radius 1 is 1.11 bits per heavy atom. The number of carbonyl (C=O) groups is 3. The van der Waals surface area contributed by atoms with E-state index in [2.05, 4.69) is 4.98 Å². The number of ketones is 1. The van der Waals surface area contributed by atoms with E-state index >= 15 is 0 Å². The van der Waals surface area contributed by atoms with Crippen LogP contribution in [0.25, 0.3) is 10.9 Å². The molecule has 7 nitrogen and oxygen atoms in total. The summed E-state index contributed by atoms with van der Waals surface area (Å²) in [5.41, 5.74) is 1.96. The van der Waals surface area contributed by atoms with E-state index in [9.17, 15) is 14.4 Å². The Labute approximate surface area is 154 Å². The summed E-state index contributed by atoms with van der Waals surface area (Å²) in [6, 6.07) is 12.0. The Kier molecular flexibility index (Phi) is 4.94. The summed E-state index contributed by atoms with van der Waals surface area (Å²) in [5, 5.41) is 9.25. The summed E-state index contributed by atoms with van der Waals surface area (Å²) >= 11 is 0. The highest BCUT2D eigenvalue weighted by Gasteiger charge is 2.24. The maximum Gasteiger partial charge on any atom is 0.322 e. The van der Waals surface area contributed by atoms with Crippen molar-refractivity contribution in [1.82, 2.24) is 4.98 Å². The summed E-state index contributed by atoms with van der Waals surface area (Å²) < 4.78 is 10.4. The van der Waals surface area contributed by atoms with Crippen molar-refractivity contribution in [3.05, 3.63) is 59.3 Å². The van der Waals surface area contributed by atoms with E-state index in [1.165, 1.54) is 7.11 Å². The van der Waals surface area contributed by atoms with Crippen LogP contribution >= 0.6 is 0 Å². The number of carboxylic acid groups (broad SMARTS) is 1.